The summed E-state index contributed by atoms with van der Waals surface area (Å²) in [6, 6.07) is 17.4. The number of ether oxygens (including phenoxy) is 2. The van der Waals surface area contributed by atoms with E-state index in [-0.39, 0.29) is 23.7 Å². The number of anilines is 1. The van der Waals surface area contributed by atoms with Gasteiger partial charge in [-0.3, -0.25) is 4.79 Å². The number of nitrogens with two attached hydrogens (primary N) is 1. The number of para-hydroxylation sites is 1. The average Bonchev–Trinajstić information content (AvgIpc) is 3.48. The minimum atomic E-state index is -0.296. The van der Waals surface area contributed by atoms with E-state index >= 15 is 0 Å². The van der Waals surface area contributed by atoms with Crippen LogP contribution >= 0.6 is 0 Å². The maximum absolute atomic E-state index is 12.1. The van der Waals surface area contributed by atoms with Crippen molar-refractivity contribution in [2.45, 2.75) is 43.9 Å². The summed E-state index contributed by atoms with van der Waals surface area (Å²) < 4.78 is 14.5. The van der Waals surface area contributed by atoms with E-state index in [1.807, 2.05) is 64.2 Å². The number of fused-ring (bicyclic) bond motifs is 1. The van der Waals surface area contributed by atoms with Gasteiger partial charge in [0.1, 0.15) is 29.3 Å². The van der Waals surface area contributed by atoms with Crippen LogP contribution in [0.4, 0.5) is 5.82 Å². The van der Waals surface area contributed by atoms with Gasteiger partial charge in [-0.2, -0.15) is 5.10 Å². The molecule has 0 bridgehead atoms. The van der Waals surface area contributed by atoms with Gasteiger partial charge in [0, 0.05) is 25.1 Å². The highest BCUT2D eigenvalue weighted by Crippen LogP contribution is 2.46. The fraction of sp³-hybridized carbons (Fsp3) is 0.310. The van der Waals surface area contributed by atoms with Gasteiger partial charge in [-0.05, 0) is 62.2 Å². The molecule has 2 atom stereocenters. The number of nitrogens with zero attached hydrogens (tertiary/aromatic N) is 5. The van der Waals surface area contributed by atoms with Crippen molar-refractivity contribution >= 4 is 22.8 Å². The molecule has 0 saturated carbocycles. The molecule has 2 aliphatic heterocycles. The second kappa shape index (κ2) is 9.57. The van der Waals surface area contributed by atoms with Gasteiger partial charge in [-0.1, -0.05) is 24.8 Å². The molecule has 1 amide bonds. The van der Waals surface area contributed by atoms with Crippen molar-refractivity contribution in [1.82, 2.24) is 24.6 Å². The second-order valence-electron chi connectivity index (χ2n) is 10.00. The molecular weight excluding hydrogens is 480 g/mol. The van der Waals surface area contributed by atoms with Gasteiger partial charge >= 0.3 is 0 Å². The molecule has 4 heterocycles. The van der Waals surface area contributed by atoms with Gasteiger partial charge < -0.3 is 20.1 Å². The van der Waals surface area contributed by atoms with E-state index in [4.69, 9.17) is 20.3 Å². The molecule has 6 rings (SSSR count). The highest BCUT2D eigenvalue weighted by atomic mass is 16.5. The number of aromatic nitrogens is 4. The molecule has 194 valence electrons. The van der Waals surface area contributed by atoms with E-state index in [1.54, 1.807) is 0 Å². The molecule has 9 nitrogen and oxygen atoms in total. The van der Waals surface area contributed by atoms with Crippen LogP contribution in [-0.2, 0) is 9.53 Å². The van der Waals surface area contributed by atoms with Crippen LogP contribution in [-0.4, -0.2) is 55.4 Å². The Hall–Kier alpha value is -4.24. The van der Waals surface area contributed by atoms with E-state index in [2.05, 4.69) is 23.5 Å². The first-order valence-corrected chi connectivity index (χ1v) is 12.9. The van der Waals surface area contributed by atoms with Crippen LogP contribution in [0.1, 0.15) is 32.2 Å². The summed E-state index contributed by atoms with van der Waals surface area (Å²) in [4.78, 5) is 22.7. The van der Waals surface area contributed by atoms with Crippen molar-refractivity contribution in [2.75, 3.05) is 18.8 Å². The number of benzene rings is 2. The molecular formula is C29H30N6O3. The number of hydrogen-bond acceptors (Lipinski definition) is 7. The molecule has 2 unspecified atom stereocenters. The molecule has 9 heteroatoms. The highest BCUT2D eigenvalue weighted by Gasteiger charge is 2.48. The minimum Gasteiger partial charge on any atom is -0.457 e. The summed E-state index contributed by atoms with van der Waals surface area (Å²) >= 11 is 0. The summed E-state index contributed by atoms with van der Waals surface area (Å²) in [6.07, 6.45) is 5.12. The largest absolute Gasteiger partial charge is 0.457 e. The topological polar surface area (TPSA) is 108 Å². The Labute approximate surface area is 220 Å². The van der Waals surface area contributed by atoms with Crippen molar-refractivity contribution in [3.05, 3.63) is 73.6 Å². The predicted octanol–water partition coefficient (Wildman–Crippen LogP) is 4.76. The Balaban J connectivity index is 1.30. The van der Waals surface area contributed by atoms with E-state index in [1.165, 1.54) is 12.4 Å². The molecule has 4 aromatic rings. The fourth-order valence-corrected chi connectivity index (χ4v) is 5.67. The molecule has 2 aromatic heterocycles. The van der Waals surface area contributed by atoms with Gasteiger partial charge in [0.15, 0.2) is 5.65 Å². The number of carbonyl (C=O) groups is 1. The number of nitrogen functional groups attached to an aromatic ring is 1. The summed E-state index contributed by atoms with van der Waals surface area (Å²) in [6.45, 7) is 7.00. The Kier molecular flexibility index (Phi) is 6.07. The van der Waals surface area contributed by atoms with Gasteiger partial charge in [-0.15, -0.1) is 0 Å². The normalized spacial score (nSPS) is 20.6. The molecule has 38 heavy (non-hydrogen) atoms. The molecule has 2 saturated heterocycles. The lowest BCUT2D eigenvalue weighted by Crippen LogP contribution is -2.46. The lowest BCUT2D eigenvalue weighted by Gasteiger charge is -2.38. The Morgan fingerprint density at radius 3 is 2.53 bits per heavy atom. The number of hydrogen-bond donors (Lipinski definition) is 1. The quantitative estimate of drug-likeness (QED) is 0.386. The second-order valence-corrected chi connectivity index (χ2v) is 10.00. The number of piperidine rings is 1. The zero-order chi connectivity index (χ0) is 26.3. The van der Waals surface area contributed by atoms with E-state index in [0.29, 0.717) is 24.6 Å². The zero-order valence-corrected chi connectivity index (χ0v) is 21.3. The first-order chi connectivity index (χ1) is 18.5. The van der Waals surface area contributed by atoms with Gasteiger partial charge in [-0.25, -0.2) is 14.6 Å². The summed E-state index contributed by atoms with van der Waals surface area (Å²) in [5, 5.41) is 5.76. The number of likely N-dealkylation sites (tertiary alicyclic amines) is 1. The third-order valence-electron chi connectivity index (χ3n) is 7.66. The maximum Gasteiger partial charge on any atom is 0.245 e. The van der Waals surface area contributed by atoms with Crippen LogP contribution in [0.15, 0.2) is 73.6 Å². The molecule has 2 aromatic carbocycles. The molecule has 0 radical (unpaired) electrons. The summed E-state index contributed by atoms with van der Waals surface area (Å²) in [7, 11) is 0. The fourth-order valence-electron chi connectivity index (χ4n) is 5.67. The molecule has 2 N–H and O–H groups in total. The van der Waals surface area contributed by atoms with Crippen LogP contribution in [0, 0.1) is 0 Å². The van der Waals surface area contributed by atoms with Crippen LogP contribution in [0.5, 0.6) is 11.5 Å². The van der Waals surface area contributed by atoms with Crippen LogP contribution in [0.2, 0.25) is 0 Å². The van der Waals surface area contributed by atoms with Crippen LogP contribution < -0.4 is 10.5 Å². The lowest BCUT2D eigenvalue weighted by molar-refractivity contribution is -0.132. The van der Waals surface area contributed by atoms with Crippen LogP contribution in [0.25, 0.3) is 22.3 Å². The Bertz CT molecular complexity index is 1480. The average molecular weight is 511 g/mol. The van der Waals surface area contributed by atoms with Crippen molar-refractivity contribution in [2.24, 2.45) is 0 Å². The predicted molar refractivity (Wildman–Crippen MR) is 145 cm³/mol. The molecule has 2 fully saturated rings. The zero-order valence-electron chi connectivity index (χ0n) is 21.3. The van der Waals surface area contributed by atoms with Crippen LogP contribution in [0.3, 0.4) is 0 Å². The van der Waals surface area contributed by atoms with Crippen molar-refractivity contribution in [3.63, 3.8) is 0 Å². The number of carbonyl (C=O) groups excluding carboxylic acids is 1. The first kappa shape index (κ1) is 24.1. The highest BCUT2D eigenvalue weighted by molar-refractivity contribution is 5.98. The third kappa shape index (κ3) is 4.28. The van der Waals surface area contributed by atoms with Gasteiger partial charge in [0.25, 0.3) is 0 Å². The Morgan fingerprint density at radius 2 is 1.82 bits per heavy atom. The third-order valence-corrected chi connectivity index (χ3v) is 7.66. The van der Waals surface area contributed by atoms with E-state index in [0.717, 1.165) is 47.4 Å². The van der Waals surface area contributed by atoms with Crippen molar-refractivity contribution in [3.8, 4) is 22.8 Å². The summed E-state index contributed by atoms with van der Waals surface area (Å²) in [5.74, 6) is 1.86. The molecule has 0 aliphatic carbocycles. The Morgan fingerprint density at radius 1 is 1.11 bits per heavy atom. The van der Waals surface area contributed by atoms with Gasteiger partial charge in [0.05, 0.1) is 23.1 Å². The van der Waals surface area contributed by atoms with E-state index < -0.39 is 0 Å². The minimum absolute atomic E-state index is 0.0251. The molecule has 2 aliphatic rings. The van der Waals surface area contributed by atoms with Gasteiger partial charge in [0.2, 0.25) is 5.91 Å². The number of rotatable bonds is 5. The SMILES string of the molecule is C=CC(=O)N1CCC2(CC1)CC(n1nc(-c3ccc(Oc4ccccc4)cc3)c3c(N)ncnc31)C(C)O2. The smallest absolute Gasteiger partial charge is 0.245 e. The standard InChI is InChI=1S/C29H30N6O3/c1-3-24(36)34-15-13-29(14-16-34)17-23(19(2)38-29)35-28-25(27(30)31-18-32-28)26(33-35)20-9-11-22(12-10-20)37-21-7-5-4-6-8-21/h3-12,18-19,23H,1,13-17H2,2H3,(H2,30,31,32). The monoisotopic (exact) mass is 510 g/mol. The lowest BCUT2D eigenvalue weighted by atomic mass is 9.87. The molecule has 1 spiro atoms. The van der Waals surface area contributed by atoms with E-state index in [9.17, 15) is 4.79 Å². The first-order valence-electron chi connectivity index (χ1n) is 12.9. The van der Waals surface area contributed by atoms with Crippen molar-refractivity contribution < 1.29 is 14.3 Å². The maximum atomic E-state index is 12.1. The van der Waals surface area contributed by atoms with Crippen molar-refractivity contribution in [1.29, 1.82) is 0 Å². The summed E-state index contributed by atoms with van der Waals surface area (Å²) in [5.41, 5.74) is 8.38. The number of amides is 1.